The van der Waals surface area contributed by atoms with Crippen LogP contribution in [0.5, 0.6) is 0 Å². The number of nitrogens with zero attached hydrogens (tertiary/aromatic N) is 1. The molecule has 3 rings (SSSR count). The fourth-order valence-electron chi connectivity index (χ4n) is 2.22. The highest BCUT2D eigenvalue weighted by Crippen LogP contribution is 2.25. The Morgan fingerprint density at radius 2 is 1.75 bits per heavy atom. The summed E-state index contributed by atoms with van der Waals surface area (Å²) < 4.78 is 26.0. The zero-order valence-corrected chi connectivity index (χ0v) is 16.1. The first-order valence-electron chi connectivity index (χ1n) is 7.16. The molecule has 4 nitrogen and oxygen atoms in total. The molecule has 1 aromatic heterocycles. The Morgan fingerprint density at radius 3 is 2.38 bits per heavy atom. The first kappa shape index (κ1) is 17.1. The van der Waals surface area contributed by atoms with Crippen LogP contribution in [0.4, 0.5) is 5.69 Å². The Kier molecular flexibility index (Phi) is 5.03. The van der Waals surface area contributed by atoms with Gasteiger partial charge in [-0.05, 0) is 29.8 Å². The van der Waals surface area contributed by atoms with Gasteiger partial charge in [0.15, 0.2) is 0 Å². The maximum Gasteiger partial charge on any atom is 0.229 e. The van der Waals surface area contributed by atoms with Crippen LogP contribution in [-0.2, 0) is 16.4 Å². The van der Waals surface area contributed by atoms with E-state index in [9.17, 15) is 8.42 Å². The molecule has 2 aromatic carbocycles. The predicted molar refractivity (Wildman–Crippen MR) is 103 cm³/mol. The molecule has 0 bridgehead atoms. The van der Waals surface area contributed by atoms with Crippen LogP contribution in [0, 0.1) is 0 Å². The summed E-state index contributed by atoms with van der Waals surface area (Å²) in [4.78, 5) is 4.67. The van der Waals surface area contributed by atoms with E-state index in [1.54, 1.807) is 23.5 Å². The average molecular weight is 423 g/mol. The molecule has 0 amide bonds. The fraction of sp³-hybridized carbons (Fsp3) is 0.118. The van der Waals surface area contributed by atoms with E-state index in [2.05, 4.69) is 37.8 Å². The highest BCUT2D eigenvalue weighted by molar-refractivity contribution is 9.10. The fourth-order valence-corrected chi connectivity index (χ4v) is 3.89. The average Bonchev–Trinajstić information content (AvgIpc) is 2.97. The molecule has 0 fully saturated rings. The van der Waals surface area contributed by atoms with Gasteiger partial charge in [0.25, 0.3) is 0 Å². The van der Waals surface area contributed by atoms with E-state index >= 15 is 0 Å². The Hall–Kier alpha value is -1.70. The van der Waals surface area contributed by atoms with Gasteiger partial charge < -0.3 is 0 Å². The summed E-state index contributed by atoms with van der Waals surface area (Å²) in [6, 6.07) is 15.4. The van der Waals surface area contributed by atoms with E-state index in [4.69, 9.17) is 0 Å². The van der Waals surface area contributed by atoms with E-state index < -0.39 is 10.0 Å². The molecule has 0 unspecified atom stereocenters. The molecule has 0 aliphatic rings. The minimum absolute atomic E-state index is 0.548. The number of rotatable bonds is 5. The van der Waals surface area contributed by atoms with Gasteiger partial charge in [0.05, 0.1) is 17.0 Å². The summed E-state index contributed by atoms with van der Waals surface area (Å²) >= 11 is 5.06. The molecular formula is C17H15BrN2O2S2. The van der Waals surface area contributed by atoms with Crippen LogP contribution >= 0.6 is 27.3 Å². The Bertz CT molecular complexity index is 933. The minimum atomic E-state index is -3.26. The second-order valence-corrected chi connectivity index (χ2v) is 8.99. The van der Waals surface area contributed by atoms with Gasteiger partial charge in [-0.2, -0.15) is 0 Å². The molecule has 0 spiro atoms. The van der Waals surface area contributed by atoms with E-state index in [1.807, 2.05) is 29.6 Å². The molecule has 124 valence electrons. The van der Waals surface area contributed by atoms with E-state index in [0.29, 0.717) is 5.69 Å². The predicted octanol–water partition coefficient (Wildman–Crippen LogP) is 4.53. The Labute approximate surface area is 153 Å². The number of nitrogens with one attached hydrogen (secondary N) is 1. The summed E-state index contributed by atoms with van der Waals surface area (Å²) in [5, 5.41) is 3.07. The maximum atomic E-state index is 11.2. The van der Waals surface area contributed by atoms with Gasteiger partial charge >= 0.3 is 0 Å². The molecule has 7 heteroatoms. The van der Waals surface area contributed by atoms with Crippen LogP contribution in [0.15, 0.2) is 58.4 Å². The van der Waals surface area contributed by atoms with Crippen molar-refractivity contribution in [3.8, 4) is 11.3 Å². The van der Waals surface area contributed by atoms with Crippen LogP contribution in [0.25, 0.3) is 11.3 Å². The number of anilines is 1. The quantitative estimate of drug-likeness (QED) is 0.656. The highest BCUT2D eigenvalue weighted by Gasteiger charge is 2.07. The SMILES string of the molecule is CS(=O)(=O)Nc1ccc(-c2csc(Cc3ccc(Br)cc3)n2)cc1. The largest absolute Gasteiger partial charge is 0.284 e. The third-order valence-electron chi connectivity index (χ3n) is 3.30. The monoisotopic (exact) mass is 422 g/mol. The second-order valence-electron chi connectivity index (χ2n) is 5.38. The smallest absolute Gasteiger partial charge is 0.229 e. The lowest BCUT2D eigenvalue weighted by molar-refractivity contribution is 0.607. The molecule has 1 heterocycles. The zero-order chi connectivity index (χ0) is 17.2. The molecule has 24 heavy (non-hydrogen) atoms. The van der Waals surface area contributed by atoms with Crippen molar-refractivity contribution in [3.63, 3.8) is 0 Å². The van der Waals surface area contributed by atoms with Crippen molar-refractivity contribution in [2.45, 2.75) is 6.42 Å². The van der Waals surface area contributed by atoms with Crippen molar-refractivity contribution < 1.29 is 8.42 Å². The molecule has 1 N–H and O–H groups in total. The molecule has 0 saturated carbocycles. The molecule has 0 saturated heterocycles. The topological polar surface area (TPSA) is 59.1 Å². The van der Waals surface area contributed by atoms with Crippen LogP contribution in [0.2, 0.25) is 0 Å². The number of sulfonamides is 1. The summed E-state index contributed by atoms with van der Waals surface area (Å²) in [7, 11) is -3.26. The van der Waals surface area contributed by atoms with Crippen molar-refractivity contribution in [1.29, 1.82) is 0 Å². The van der Waals surface area contributed by atoms with Gasteiger partial charge in [0, 0.05) is 27.5 Å². The Balaban J connectivity index is 1.74. The lowest BCUT2D eigenvalue weighted by Gasteiger charge is -2.04. The first-order valence-corrected chi connectivity index (χ1v) is 10.7. The lowest BCUT2D eigenvalue weighted by Crippen LogP contribution is -2.09. The van der Waals surface area contributed by atoms with Crippen molar-refractivity contribution in [2.24, 2.45) is 0 Å². The van der Waals surface area contributed by atoms with Gasteiger partial charge in [-0.3, -0.25) is 4.72 Å². The summed E-state index contributed by atoms with van der Waals surface area (Å²) in [6.45, 7) is 0. The van der Waals surface area contributed by atoms with Gasteiger partial charge in [-0.25, -0.2) is 13.4 Å². The van der Waals surface area contributed by atoms with E-state index in [-0.39, 0.29) is 0 Å². The minimum Gasteiger partial charge on any atom is -0.284 e. The standard InChI is InChI=1S/C17H15BrN2O2S2/c1-24(21,22)20-15-8-4-13(5-9-15)16-11-23-17(19-16)10-12-2-6-14(18)7-3-12/h2-9,11,20H,10H2,1H3. The van der Waals surface area contributed by atoms with Crippen LogP contribution in [0.1, 0.15) is 10.6 Å². The van der Waals surface area contributed by atoms with E-state index in [1.165, 1.54) is 5.56 Å². The van der Waals surface area contributed by atoms with E-state index in [0.717, 1.165) is 33.4 Å². The maximum absolute atomic E-state index is 11.2. The second kappa shape index (κ2) is 7.04. The molecule has 0 radical (unpaired) electrons. The molecular weight excluding hydrogens is 408 g/mol. The van der Waals surface area contributed by atoms with Gasteiger partial charge in [-0.15, -0.1) is 11.3 Å². The van der Waals surface area contributed by atoms with Gasteiger partial charge in [-0.1, -0.05) is 40.2 Å². The van der Waals surface area contributed by atoms with Crippen LogP contribution < -0.4 is 4.72 Å². The molecule has 3 aromatic rings. The van der Waals surface area contributed by atoms with Crippen molar-refractivity contribution in [1.82, 2.24) is 4.98 Å². The number of benzene rings is 2. The zero-order valence-electron chi connectivity index (χ0n) is 12.9. The number of hydrogen-bond acceptors (Lipinski definition) is 4. The lowest BCUT2D eigenvalue weighted by atomic mass is 10.1. The number of hydrogen-bond donors (Lipinski definition) is 1. The van der Waals surface area contributed by atoms with Crippen LogP contribution in [-0.4, -0.2) is 19.7 Å². The first-order chi connectivity index (χ1) is 11.4. The number of thiazole rings is 1. The third kappa shape index (κ3) is 4.66. The van der Waals surface area contributed by atoms with Crippen molar-refractivity contribution in [2.75, 3.05) is 11.0 Å². The molecule has 0 aliphatic heterocycles. The summed E-state index contributed by atoms with van der Waals surface area (Å²) in [6.07, 6.45) is 1.93. The summed E-state index contributed by atoms with van der Waals surface area (Å²) in [5.41, 5.74) is 3.63. The normalized spacial score (nSPS) is 11.4. The number of halogens is 1. The van der Waals surface area contributed by atoms with Gasteiger partial charge in [0.1, 0.15) is 0 Å². The molecule has 0 aliphatic carbocycles. The summed E-state index contributed by atoms with van der Waals surface area (Å²) in [5.74, 6) is 0. The van der Waals surface area contributed by atoms with Crippen molar-refractivity contribution >= 4 is 43.0 Å². The van der Waals surface area contributed by atoms with Crippen LogP contribution in [0.3, 0.4) is 0 Å². The van der Waals surface area contributed by atoms with Gasteiger partial charge in [0.2, 0.25) is 10.0 Å². The highest BCUT2D eigenvalue weighted by atomic mass is 79.9. The van der Waals surface area contributed by atoms with Crippen molar-refractivity contribution in [3.05, 3.63) is 69.0 Å². The molecule has 0 atom stereocenters. The number of aromatic nitrogens is 1. The third-order valence-corrected chi connectivity index (χ3v) is 5.29. The Morgan fingerprint density at radius 1 is 1.08 bits per heavy atom.